The van der Waals surface area contributed by atoms with Gasteiger partial charge in [-0.25, -0.2) is 29.9 Å². The highest BCUT2D eigenvalue weighted by atomic mass is 15.4. The summed E-state index contributed by atoms with van der Waals surface area (Å²) in [7, 11) is 6.20. The van der Waals surface area contributed by atoms with E-state index in [1.165, 1.54) is 113 Å². The van der Waals surface area contributed by atoms with Crippen LogP contribution in [0.2, 0.25) is 0 Å². The first-order valence-electron chi connectivity index (χ1n) is 47.3. The lowest BCUT2D eigenvalue weighted by Crippen LogP contribution is -2.24. The van der Waals surface area contributed by atoms with Crippen LogP contribution in [0.5, 0.6) is 0 Å². The molecule has 0 spiro atoms. The van der Waals surface area contributed by atoms with Gasteiger partial charge in [0, 0.05) is 110 Å². The summed E-state index contributed by atoms with van der Waals surface area (Å²) >= 11 is 0. The Morgan fingerprint density at radius 2 is 0.436 bits per heavy atom. The van der Waals surface area contributed by atoms with E-state index in [1.54, 1.807) is 12.4 Å². The highest BCUT2D eigenvalue weighted by Gasteiger charge is 2.35. The Hall–Kier alpha value is -14.5. The zero-order chi connectivity index (χ0) is 95.7. The average molecular weight is 1770 g/mol. The molecule has 0 fully saturated rings. The number of aromatic nitrogens is 6. The van der Waals surface area contributed by atoms with Crippen molar-refractivity contribution in [3.63, 3.8) is 0 Å². The lowest BCUT2D eigenvalue weighted by Gasteiger charge is -2.24. The minimum absolute atomic E-state index is 0.132. The second kappa shape index (κ2) is 49.5. The van der Waals surface area contributed by atoms with E-state index in [1.807, 2.05) is 151 Å². The quantitative estimate of drug-likeness (QED) is 0.136. The monoisotopic (exact) mass is 1770 g/mol. The number of hydrogen-bond donors (Lipinski definition) is 0. The maximum Gasteiger partial charge on any atom is 0.178 e. The van der Waals surface area contributed by atoms with Crippen LogP contribution in [-0.2, 0) is 5.41 Å². The number of pyridine rings is 4. The van der Waals surface area contributed by atoms with Crippen molar-refractivity contribution in [1.82, 2.24) is 29.9 Å². The molecule has 0 saturated carbocycles. The molecule has 0 saturated heterocycles. The minimum Gasteiger partial charge on any atom is -0.354 e. The number of aryl methyl sites for hydroxylation is 6. The van der Waals surface area contributed by atoms with Gasteiger partial charge in [0.2, 0.25) is 0 Å². The van der Waals surface area contributed by atoms with E-state index in [2.05, 4.69) is 432 Å². The SMILES string of the molecule is CC.CC.CC.CC.CC.CC.Cc1ccccc1N1CN(C)c2cccnc21.Cc1ccccc1N1CN(C)c2ncccc21.Cc1ccccc1N1CN(C)c2nccnc21.Cc1ccccc1N1CN(c2ccccc2)c2ccc(C(C)(C)C)cc21.Cc1ccccc1N1CN(c2ccccc2)c2cccnc21.Cc1ccccc1N1CN(c2ccccc2)c2ncccc21. The third-order valence-electron chi connectivity index (χ3n) is 22.7. The van der Waals surface area contributed by atoms with Crippen LogP contribution < -0.4 is 58.8 Å². The Kier molecular flexibility index (Phi) is 37.4. The van der Waals surface area contributed by atoms with Crippen LogP contribution in [0, 0.1) is 41.5 Å². The predicted molar refractivity (Wildman–Crippen MR) is 572 cm³/mol. The lowest BCUT2D eigenvalue weighted by atomic mass is 9.86. The minimum atomic E-state index is 0.132. The van der Waals surface area contributed by atoms with Crippen LogP contribution in [0.15, 0.2) is 340 Å². The van der Waals surface area contributed by atoms with E-state index >= 15 is 0 Å². The third kappa shape index (κ3) is 23.6. The molecule has 6 aliphatic heterocycles. The molecule has 0 unspecified atom stereocenters. The predicted octanol–water partition coefficient (Wildman–Crippen LogP) is 30.2. The summed E-state index contributed by atoms with van der Waals surface area (Å²) < 4.78 is 0. The highest BCUT2D eigenvalue weighted by Crippen LogP contribution is 2.50. The molecule has 0 N–H and O–H groups in total. The standard InChI is InChI=1S/C24H26N2.2C19H17N3.2C14H15N3.C13H14N4.6C2H6/c1-18-10-8-9-13-21(18)26-17-25(20-11-6-5-7-12-20)22-15-14-19(16-23(22)26)24(2,3)4;1-15-8-5-6-11-17(15)22-14-21(16-9-3-2-4-10-16)19-18(22)12-7-13-20-19;1-15-8-5-6-11-17(15)22-14-21(16-9-3-2-4-10-16)18-12-7-13-20-19(18)22;1-11-6-3-4-7-12(11)17-10-16(2)14-13(17)8-5-9-15-14;1-11-6-3-4-7-12(11)17-10-16(2)13-8-5-9-15-14(13)17;1-10-5-3-4-6-11(10)17-9-16(2)12-13(17)15-8-7-14-12;6*1-2/h5-16H,17H2,1-4H3;2*2-13H,14H2,1H3;2*3-9H,10H2,1-2H3;3-8H,9H2,1-2H3;6*1-2H3. The highest BCUT2D eigenvalue weighted by molar-refractivity contribution is 5.90. The first kappa shape index (κ1) is 101. The first-order chi connectivity index (χ1) is 64.9. The van der Waals surface area contributed by atoms with Crippen LogP contribution in [0.25, 0.3) is 0 Å². The van der Waals surface area contributed by atoms with Crippen LogP contribution in [-0.4, -0.2) is 91.1 Å². The van der Waals surface area contributed by atoms with Gasteiger partial charge in [0.1, 0.15) is 20.0 Å². The van der Waals surface area contributed by atoms with E-state index in [0.29, 0.717) is 0 Å². The van der Waals surface area contributed by atoms with E-state index < -0.39 is 0 Å². The van der Waals surface area contributed by atoms with E-state index in [0.717, 1.165) is 86.3 Å². The number of benzene rings is 10. The molecule has 0 atom stereocenters. The molecule has 18 nitrogen and oxygen atoms in total. The van der Waals surface area contributed by atoms with Crippen LogP contribution in [0.4, 0.5) is 120 Å². The molecule has 0 amide bonds. The third-order valence-corrected chi connectivity index (χ3v) is 22.7. The van der Waals surface area contributed by atoms with Crippen molar-refractivity contribution < 1.29 is 0 Å². The maximum absolute atomic E-state index is 4.62. The Morgan fingerprint density at radius 1 is 0.188 bits per heavy atom. The molecule has 0 aliphatic carbocycles. The summed E-state index contributed by atoms with van der Waals surface area (Å²) in [5, 5.41) is 0. The topological polar surface area (TPSA) is 116 Å². The second-order valence-electron chi connectivity index (χ2n) is 32.1. The molecule has 21 rings (SSSR count). The fourth-order valence-corrected chi connectivity index (χ4v) is 16.4. The number of rotatable bonds is 9. The van der Waals surface area contributed by atoms with E-state index in [9.17, 15) is 0 Å². The number of hydrogen-bond acceptors (Lipinski definition) is 18. The molecule has 0 radical (unpaired) electrons. The molecular weight excluding hydrogens is 1630 g/mol. The zero-order valence-electron chi connectivity index (χ0n) is 83.1. The summed E-state index contributed by atoms with van der Waals surface area (Å²) in [5.74, 6) is 6.00. The van der Waals surface area contributed by atoms with Gasteiger partial charge in [-0.3, -0.25) is 0 Å². The molecule has 0 bridgehead atoms. The molecule has 15 aromatic rings. The number of fused-ring (bicyclic) bond motifs is 6. The summed E-state index contributed by atoms with van der Waals surface area (Å²) in [4.78, 5) is 54.2. The molecule has 11 heterocycles. The van der Waals surface area contributed by atoms with Gasteiger partial charge in [-0.15, -0.1) is 0 Å². The van der Waals surface area contributed by atoms with Crippen molar-refractivity contribution in [1.29, 1.82) is 0 Å². The van der Waals surface area contributed by atoms with Gasteiger partial charge in [-0.1, -0.05) is 274 Å². The molecule has 10 aromatic carbocycles. The van der Waals surface area contributed by atoms with Crippen LogP contribution >= 0.6 is 0 Å². The number of nitrogens with zero attached hydrogens (tertiary/aromatic N) is 18. The molecule has 5 aromatic heterocycles. The van der Waals surface area contributed by atoms with Crippen molar-refractivity contribution in [2.45, 2.75) is 151 Å². The van der Waals surface area contributed by atoms with Gasteiger partial charge in [0.15, 0.2) is 34.9 Å². The Morgan fingerprint density at radius 3 is 0.842 bits per heavy atom. The zero-order valence-corrected chi connectivity index (χ0v) is 83.1. The van der Waals surface area contributed by atoms with Crippen molar-refractivity contribution in [2.24, 2.45) is 0 Å². The van der Waals surface area contributed by atoms with Crippen molar-refractivity contribution >= 4 is 120 Å². The fraction of sp³-hybridized carbons (Fsp3) is 0.270. The van der Waals surface area contributed by atoms with E-state index in [4.69, 9.17) is 0 Å². The molecular formula is C115H140N18. The molecule has 18 heteroatoms. The fourth-order valence-electron chi connectivity index (χ4n) is 16.4. The van der Waals surface area contributed by atoms with Gasteiger partial charge < -0.3 is 58.8 Å². The summed E-state index contributed by atoms with van der Waals surface area (Å²) in [6, 6.07) is 106. The van der Waals surface area contributed by atoms with Crippen molar-refractivity contribution in [2.75, 3.05) is 120 Å². The van der Waals surface area contributed by atoms with Crippen LogP contribution in [0.1, 0.15) is 143 Å². The van der Waals surface area contributed by atoms with Gasteiger partial charge in [-0.05, 0) is 219 Å². The molecule has 690 valence electrons. The van der Waals surface area contributed by atoms with Crippen molar-refractivity contribution in [3.8, 4) is 0 Å². The van der Waals surface area contributed by atoms with Gasteiger partial charge in [0.05, 0.1) is 54.1 Å². The second-order valence-corrected chi connectivity index (χ2v) is 32.1. The van der Waals surface area contributed by atoms with Gasteiger partial charge >= 0.3 is 0 Å². The molecule has 6 aliphatic rings. The average Bonchev–Trinajstić information content (AvgIpc) is 1.62. The summed E-state index contributed by atoms with van der Waals surface area (Å²) in [6.07, 6.45) is 10.9. The van der Waals surface area contributed by atoms with Crippen molar-refractivity contribution in [3.05, 3.63) is 379 Å². The Balaban J connectivity index is 0.000000162. The lowest BCUT2D eigenvalue weighted by molar-refractivity contribution is 0.590. The first-order valence-corrected chi connectivity index (χ1v) is 47.3. The van der Waals surface area contributed by atoms with E-state index in [-0.39, 0.29) is 5.41 Å². The largest absolute Gasteiger partial charge is 0.354 e. The van der Waals surface area contributed by atoms with Gasteiger partial charge in [0.25, 0.3) is 0 Å². The Labute approximate surface area is 795 Å². The van der Waals surface area contributed by atoms with Crippen LogP contribution in [0.3, 0.4) is 0 Å². The summed E-state index contributed by atoms with van der Waals surface area (Å²) in [5.41, 5.74) is 27.4. The molecule has 133 heavy (non-hydrogen) atoms. The number of para-hydroxylation sites is 9. The Bertz CT molecular complexity index is 5690. The summed E-state index contributed by atoms with van der Waals surface area (Å²) in [6.45, 7) is 48.6. The number of anilines is 21. The maximum atomic E-state index is 4.62. The smallest absolute Gasteiger partial charge is 0.178 e. The normalized spacial score (nSPS) is 12.8. The van der Waals surface area contributed by atoms with Gasteiger partial charge in [-0.2, -0.15) is 0 Å².